The molecule has 4 bridgehead atoms. The van der Waals surface area contributed by atoms with Gasteiger partial charge in [0.05, 0.1) is 26.2 Å². The van der Waals surface area contributed by atoms with Crippen molar-refractivity contribution in [3.8, 4) is 11.5 Å². The van der Waals surface area contributed by atoms with Crippen molar-refractivity contribution in [1.29, 1.82) is 0 Å². The number of ether oxygens (including phenoxy) is 3. The van der Waals surface area contributed by atoms with Crippen LogP contribution in [0, 0.1) is 29.6 Å². The van der Waals surface area contributed by atoms with E-state index >= 15 is 0 Å². The highest BCUT2D eigenvalue weighted by Gasteiger charge is 2.51. The van der Waals surface area contributed by atoms with Gasteiger partial charge in [0.25, 0.3) is 5.91 Å². The molecule has 1 atom stereocenters. The molecule has 0 aromatic heterocycles. The molecule has 0 unspecified atom stereocenters. The zero-order valence-corrected chi connectivity index (χ0v) is 17.5. The topological polar surface area (TPSA) is 73.9 Å². The lowest BCUT2D eigenvalue weighted by Crippen LogP contribution is -2.48. The number of esters is 1. The van der Waals surface area contributed by atoms with Gasteiger partial charge >= 0.3 is 5.97 Å². The number of benzene rings is 1. The molecule has 1 aromatic carbocycles. The second-order valence-electron chi connectivity index (χ2n) is 8.96. The van der Waals surface area contributed by atoms with Crippen LogP contribution in [-0.4, -0.2) is 32.7 Å². The Morgan fingerprint density at radius 2 is 1.69 bits per heavy atom. The molecule has 29 heavy (non-hydrogen) atoms. The van der Waals surface area contributed by atoms with Crippen molar-refractivity contribution in [2.75, 3.05) is 20.8 Å². The summed E-state index contributed by atoms with van der Waals surface area (Å²) < 4.78 is 16.1. The van der Waals surface area contributed by atoms with E-state index in [1.165, 1.54) is 6.42 Å². The maximum atomic E-state index is 12.7. The predicted molar refractivity (Wildman–Crippen MR) is 108 cm³/mol. The normalized spacial score (nSPS) is 30.5. The van der Waals surface area contributed by atoms with Gasteiger partial charge < -0.3 is 19.5 Å². The Morgan fingerprint density at radius 1 is 1.03 bits per heavy atom. The quantitative estimate of drug-likeness (QED) is 0.708. The molecule has 6 nitrogen and oxygen atoms in total. The summed E-state index contributed by atoms with van der Waals surface area (Å²) in [6.45, 7) is 1.63. The van der Waals surface area contributed by atoms with E-state index in [0.717, 1.165) is 43.1 Å². The average Bonchev–Trinajstić information content (AvgIpc) is 2.70. The first-order chi connectivity index (χ1) is 14.0. The lowest BCUT2D eigenvalue weighted by atomic mass is 9.52. The standard InChI is InChI=1S/C23H31NO5/c1-13(19-11-18(27-2)4-5-20(19)28-3)24-21(25)12-29-23(26)22-16-7-14-6-15(9-16)10-17(22)8-14/h4-5,11,13-17,22H,6-10,12H2,1-3H3,(H,24,25)/t13-,14?,15?,16?,17?,22?/m1/s1. The van der Waals surface area contributed by atoms with Crippen molar-refractivity contribution in [3.05, 3.63) is 23.8 Å². The van der Waals surface area contributed by atoms with Crippen LogP contribution in [0.3, 0.4) is 0 Å². The van der Waals surface area contributed by atoms with E-state index in [-0.39, 0.29) is 30.4 Å². The molecule has 0 heterocycles. The van der Waals surface area contributed by atoms with Gasteiger partial charge in [-0.1, -0.05) is 0 Å². The van der Waals surface area contributed by atoms with Gasteiger partial charge in [-0.3, -0.25) is 9.59 Å². The lowest BCUT2D eigenvalue weighted by Gasteiger charge is -2.53. The van der Waals surface area contributed by atoms with Crippen molar-refractivity contribution in [2.45, 2.75) is 45.1 Å². The molecule has 0 aliphatic heterocycles. The zero-order chi connectivity index (χ0) is 20.5. The Morgan fingerprint density at radius 3 is 2.28 bits per heavy atom. The maximum Gasteiger partial charge on any atom is 0.310 e. The molecule has 4 saturated carbocycles. The second-order valence-corrected chi connectivity index (χ2v) is 8.96. The summed E-state index contributed by atoms with van der Waals surface area (Å²) in [5.41, 5.74) is 0.813. The van der Waals surface area contributed by atoms with Crippen LogP contribution in [0.25, 0.3) is 0 Å². The van der Waals surface area contributed by atoms with Crippen molar-refractivity contribution in [3.63, 3.8) is 0 Å². The third kappa shape index (κ3) is 4.07. The van der Waals surface area contributed by atoms with Gasteiger partial charge in [-0.15, -0.1) is 0 Å². The summed E-state index contributed by atoms with van der Waals surface area (Å²) in [6, 6.07) is 5.16. The second kappa shape index (κ2) is 8.25. The number of carbonyl (C=O) groups is 2. The van der Waals surface area contributed by atoms with Crippen LogP contribution >= 0.6 is 0 Å². The number of nitrogens with one attached hydrogen (secondary N) is 1. The summed E-state index contributed by atoms with van der Waals surface area (Å²) in [4.78, 5) is 25.2. The van der Waals surface area contributed by atoms with Crippen molar-refractivity contribution in [2.24, 2.45) is 29.6 Å². The van der Waals surface area contributed by atoms with E-state index in [1.807, 2.05) is 25.1 Å². The Labute approximate surface area is 172 Å². The zero-order valence-electron chi connectivity index (χ0n) is 17.5. The largest absolute Gasteiger partial charge is 0.497 e. The minimum absolute atomic E-state index is 0.00787. The SMILES string of the molecule is COc1ccc(OC)c([C@@H](C)NC(=O)COC(=O)C2C3CC4CC(C3)CC2C4)c1. The van der Waals surface area contributed by atoms with Gasteiger partial charge in [-0.2, -0.15) is 0 Å². The first-order valence-corrected chi connectivity index (χ1v) is 10.7. The smallest absolute Gasteiger partial charge is 0.310 e. The highest BCUT2D eigenvalue weighted by Crippen LogP contribution is 2.56. The molecule has 1 aromatic rings. The van der Waals surface area contributed by atoms with E-state index < -0.39 is 0 Å². The number of amides is 1. The van der Waals surface area contributed by atoms with Crippen molar-refractivity contribution in [1.82, 2.24) is 5.32 Å². The third-order valence-electron chi connectivity index (χ3n) is 7.13. The van der Waals surface area contributed by atoms with Gasteiger partial charge in [-0.25, -0.2) is 0 Å². The monoisotopic (exact) mass is 401 g/mol. The fourth-order valence-electron chi connectivity index (χ4n) is 6.08. The molecular weight excluding hydrogens is 370 g/mol. The molecule has 4 aliphatic carbocycles. The number of methoxy groups -OCH3 is 2. The number of hydrogen-bond donors (Lipinski definition) is 1. The molecule has 1 N–H and O–H groups in total. The Hall–Kier alpha value is -2.24. The Bertz CT molecular complexity index is 749. The van der Waals surface area contributed by atoms with Crippen molar-refractivity contribution < 1.29 is 23.8 Å². The summed E-state index contributed by atoms with van der Waals surface area (Å²) >= 11 is 0. The number of rotatable bonds is 7. The molecule has 0 spiro atoms. The minimum atomic E-state index is -0.306. The van der Waals surface area contributed by atoms with E-state index in [1.54, 1.807) is 14.2 Å². The summed E-state index contributed by atoms with van der Waals surface area (Å²) in [7, 11) is 3.19. The average molecular weight is 402 g/mol. The summed E-state index contributed by atoms with van der Waals surface area (Å²) in [5.74, 6) is 3.40. The van der Waals surface area contributed by atoms with Gasteiger partial charge in [0.15, 0.2) is 6.61 Å². The van der Waals surface area contributed by atoms with E-state index in [9.17, 15) is 9.59 Å². The van der Waals surface area contributed by atoms with Crippen LogP contribution in [-0.2, 0) is 14.3 Å². The Balaban J connectivity index is 1.32. The van der Waals surface area contributed by atoms with E-state index in [2.05, 4.69) is 5.32 Å². The van der Waals surface area contributed by atoms with Crippen molar-refractivity contribution >= 4 is 11.9 Å². The fourth-order valence-corrected chi connectivity index (χ4v) is 6.08. The van der Waals surface area contributed by atoms with Crippen LogP contribution < -0.4 is 14.8 Å². The van der Waals surface area contributed by atoms with E-state index in [0.29, 0.717) is 23.3 Å². The predicted octanol–water partition coefficient (Wildman–Crippen LogP) is 3.50. The molecule has 158 valence electrons. The van der Waals surface area contributed by atoms with Gasteiger partial charge in [0, 0.05) is 5.56 Å². The molecule has 5 rings (SSSR count). The molecule has 6 heteroatoms. The van der Waals surface area contributed by atoms with Gasteiger partial charge in [0.1, 0.15) is 11.5 Å². The first kappa shape index (κ1) is 20.0. The van der Waals surface area contributed by atoms with Gasteiger partial charge in [0.2, 0.25) is 0 Å². The third-order valence-corrected chi connectivity index (χ3v) is 7.13. The number of carbonyl (C=O) groups excluding carboxylic acids is 2. The minimum Gasteiger partial charge on any atom is -0.497 e. The molecular formula is C23H31NO5. The Kier molecular flexibility index (Phi) is 5.70. The summed E-state index contributed by atoms with van der Waals surface area (Å²) in [5, 5.41) is 2.89. The maximum absolute atomic E-state index is 12.7. The number of hydrogen-bond acceptors (Lipinski definition) is 5. The highest BCUT2D eigenvalue weighted by molar-refractivity contribution is 5.82. The fraction of sp³-hybridized carbons (Fsp3) is 0.652. The van der Waals surface area contributed by atoms with Crippen LogP contribution in [0.1, 0.15) is 50.6 Å². The molecule has 4 fully saturated rings. The summed E-state index contributed by atoms with van der Waals surface area (Å²) in [6.07, 6.45) is 5.98. The molecule has 4 aliphatic rings. The van der Waals surface area contributed by atoms with Crippen LogP contribution in [0.5, 0.6) is 11.5 Å². The van der Waals surface area contributed by atoms with Crippen LogP contribution in [0.15, 0.2) is 18.2 Å². The van der Waals surface area contributed by atoms with Gasteiger partial charge in [-0.05, 0) is 80.9 Å². The highest BCUT2D eigenvalue weighted by atomic mass is 16.5. The molecule has 1 amide bonds. The van der Waals surface area contributed by atoms with Crippen LogP contribution in [0.2, 0.25) is 0 Å². The molecule has 0 saturated heterocycles. The first-order valence-electron chi connectivity index (χ1n) is 10.7. The lowest BCUT2D eigenvalue weighted by molar-refractivity contribution is -0.165. The van der Waals surface area contributed by atoms with E-state index in [4.69, 9.17) is 14.2 Å². The molecule has 0 radical (unpaired) electrons. The van der Waals surface area contributed by atoms with Crippen LogP contribution in [0.4, 0.5) is 0 Å².